The van der Waals surface area contributed by atoms with Crippen molar-refractivity contribution in [2.24, 2.45) is 0 Å². The van der Waals surface area contributed by atoms with Gasteiger partial charge < -0.3 is 9.47 Å². The lowest BCUT2D eigenvalue weighted by molar-refractivity contribution is 0.00181. The topological polar surface area (TPSA) is 52.6 Å². The van der Waals surface area contributed by atoms with Crippen LogP contribution in [0.4, 0.5) is 0 Å². The van der Waals surface area contributed by atoms with Crippen LogP contribution in [0.25, 0.3) is 0 Å². The van der Waals surface area contributed by atoms with Gasteiger partial charge in [0, 0.05) is 15.4 Å². The number of hydrogen-bond acceptors (Lipinski definition) is 4. The molecule has 0 aliphatic carbocycles. The lowest BCUT2D eigenvalue weighted by Gasteiger charge is -2.22. The molecule has 3 aromatic carbocycles. The smallest absolute Gasteiger partial charge is 0.338 e. The zero-order valence-electron chi connectivity index (χ0n) is 17.7. The average Bonchev–Trinajstić information content (AvgIpc) is 2.79. The van der Waals surface area contributed by atoms with Gasteiger partial charge in [-0.3, -0.25) is 0 Å². The summed E-state index contributed by atoms with van der Waals surface area (Å²) in [5, 5.41) is 0. The first kappa shape index (κ1) is 24.2. The van der Waals surface area contributed by atoms with Gasteiger partial charge in [-0.25, -0.2) is 9.59 Å². The molecular formula is C26H24Br2O4. The number of carbonyl (C=O) groups excluding carboxylic acids is 2. The highest BCUT2D eigenvalue weighted by Crippen LogP contribution is 2.19. The van der Waals surface area contributed by atoms with Crippen LogP contribution in [0.5, 0.6) is 0 Å². The predicted octanol–water partition coefficient (Wildman–Crippen LogP) is 7.01. The quantitative estimate of drug-likeness (QED) is 0.265. The minimum Gasteiger partial charge on any atom is -0.459 e. The molecule has 0 saturated carbocycles. The average molecular weight is 560 g/mol. The number of rotatable bonds is 9. The normalized spacial score (nSPS) is 12.6. The molecule has 0 aromatic heterocycles. The van der Waals surface area contributed by atoms with Crippen molar-refractivity contribution in [1.29, 1.82) is 0 Å². The Bertz CT molecular complexity index is 1020. The SMILES string of the molecule is C[C@@H](C[C@H](CCc1ccccc1)OC(=O)c1ccc(Br)cc1)OC(=O)c1ccc(Br)cc1. The van der Waals surface area contributed by atoms with E-state index in [1.807, 2.05) is 37.3 Å². The molecule has 0 bridgehead atoms. The lowest BCUT2D eigenvalue weighted by atomic mass is 10.0. The Labute approximate surface area is 205 Å². The van der Waals surface area contributed by atoms with E-state index in [9.17, 15) is 9.59 Å². The van der Waals surface area contributed by atoms with Crippen LogP contribution in [0, 0.1) is 0 Å². The monoisotopic (exact) mass is 558 g/mol. The summed E-state index contributed by atoms with van der Waals surface area (Å²) in [4.78, 5) is 25.1. The van der Waals surface area contributed by atoms with Crippen LogP contribution in [-0.2, 0) is 15.9 Å². The van der Waals surface area contributed by atoms with Crippen molar-refractivity contribution in [1.82, 2.24) is 0 Å². The highest BCUT2D eigenvalue weighted by molar-refractivity contribution is 9.10. The van der Waals surface area contributed by atoms with E-state index in [1.54, 1.807) is 48.5 Å². The van der Waals surface area contributed by atoms with Crippen LogP contribution in [-0.4, -0.2) is 24.1 Å². The van der Waals surface area contributed by atoms with Crippen LogP contribution in [0.2, 0.25) is 0 Å². The number of hydrogen-bond donors (Lipinski definition) is 0. The summed E-state index contributed by atoms with van der Waals surface area (Å²) in [5.74, 6) is -0.784. The summed E-state index contributed by atoms with van der Waals surface area (Å²) in [7, 11) is 0. The molecule has 6 heteroatoms. The molecule has 0 heterocycles. The summed E-state index contributed by atoms with van der Waals surface area (Å²) in [6.07, 6.45) is 1.000. The van der Waals surface area contributed by atoms with Gasteiger partial charge in [-0.2, -0.15) is 0 Å². The van der Waals surface area contributed by atoms with Crippen LogP contribution < -0.4 is 0 Å². The molecule has 3 aromatic rings. The maximum Gasteiger partial charge on any atom is 0.338 e. The van der Waals surface area contributed by atoms with E-state index < -0.39 is 12.1 Å². The Morgan fingerprint density at radius 2 is 1.25 bits per heavy atom. The Morgan fingerprint density at radius 3 is 1.78 bits per heavy atom. The highest BCUT2D eigenvalue weighted by Gasteiger charge is 2.22. The van der Waals surface area contributed by atoms with Gasteiger partial charge in [0.1, 0.15) is 12.2 Å². The first-order chi connectivity index (χ1) is 15.4. The Morgan fingerprint density at radius 1 is 0.750 bits per heavy atom. The van der Waals surface area contributed by atoms with E-state index in [0.29, 0.717) is 24.0 Å². The number of aryl methyl sites for hydroxylation is 1. The van der Waals surface area contributed by atoms with Gasteiger partial charge in [0.2, 0.25) is 0 Å². The molecule has 166 valence electrons. The van der Waals surface area contributed by atoms with E-state index in [2.05, 4.69) is 31.9 Å². The molecule has 0 fully saturated rings. The van der Waals surface area contributed by atoms with Crippen molar-refractivity contribution < 1.29 is 19.1 Å². The number of halogens is 2. The van der Waals surface area contributed by atoms with Gasteiger partial charge in [0.05, 0.1) is 11.1 Å². The largest absolute Gasteiger partial charge is 0.459 e. The minimum atomic E-state index is -0.412. The second-order valence-electron chi connectivity index (χ2n) is 7.52. The summed E-state index contributed by atoms with van der Waals surface area (Å²) in [6, 6.07) is 24.1. The lowest BCUT2D eigenvalue weighted by Crippen LogP contribution is -2.26. The fraction of sp³-hybridized carbons (Fsp3) is 0.231. The fourth-order valence-corrected chi connectivity index (χ4v) is 3.79. The number of carbonyl (C=O) groups is 2. The third kappa shape index (κ3) is 7.61. The van der Waals surface area contributed by atoms with Gasteiger partial charge in [-0.05, 0) is 73.9 Å². The van der Waals surface area contributed by atoms with Crippen LogP contribution in [0.1, 0.15) is 46.0 Å². The second kappa shape index (κ2) is 12.0. The molecule has 0 aliphatic heterocycles. The molecule has 0 N–H and O–H groups in total. The predicted molar refractivity (Wildman–Crippen MR) is 132 cm³/mol. The van der Waals surface area contributed by atoms with E-state index in [-0.39, 0.29) is 12.1 Å². The van der Waals surface area contributed by atoms with Gasteiger partial charge in [0.25, 0.3) is 0 Å². The summed E-state index contributed by atoms with van der Waals surface area (Å²) < 4.78 is 13.2. The Hall–Kier alpha value is -2.44. The zero-order valence-corrected chi connectivity index (χ0v) is 20.8. The van der Waals surface area contributed by atoms with Crippen LogP contribution in [0.15, 0.2) is 87.8 Å². The van der Waals surface area contributed by atoms with E-state index >= 15 is 0 Å². The highest BCUT2D eigenvalue weighted by atomic mass is 79.9. The Kier molecular flexibility index (Phi) is 9.06. The summed E-state index contributed by atoms with van der Waals surface area (Å²) in [5.41, 5.74) is 2.13. The van der Waals surface area contributed by atoms with Crippen molar-refractivity contribution in [3.8, 4) is 0 Å². The van der Waals surface area contributed by atoms with E-state index in [0.717, 1.165) is 20.9 Å². The first-order valence-corrected chi connectivity index (χ1v) is 12.0. The molecule has 2 atom stereocenters. The maximum atomic E-state index is 12.7. The van der Waals surface area contributed by atoms with Gasteiger partial charge in [-0.15, -0.1) is 0 Å². The molecule has 0 saturated heterocycles. The number of esters is 2. The number of benzene rings is 3. The van der Waals surface area contributed by atoms with Gasteiger partial charge in [-0.1, -0.05) is 62.2 Å². The molecule has 0 spiro atoms. The van der Waals surface area contributed by atoms with Gasteiger partial charge in [0.15, 0.2) is 0 Å². The molecule has 3 rings (SSSR count). The standard InChI is InChI=1S/C26H24Br2O4/c1-18(31-25(29)20-8-12-22(27)13-9-20)17-24(16-7-19-5-3-2-4-6-19)32-26(30)21-10-14-23(28)15-11-21/h2-6,8-15,18,24H,7,16-17H2,1H3/t18-,24-/m0/s1. The molecule has 4 nitrogen and oxygen atoms in total. The second-order valence-corrected chi connectivity index (χ2v) is 9.35. The van der Waals surface area contributed by atoms with Crippen LogP contribution in [0.3, 0.4) is 0 Å². The van der Waals surface area contributed by atoms with Crippen LogP contribution >= 0.6 is 31.9 Å². The molecular weight excluding hydrogens is 536 g/mol. The molecule has 0 amide bonds. The summed E-state index contributed by atoms with van der Waals surface area (Å²) in [6.45, 7) is 1.82. The van der Waals surface area contributed by atoms with Crippen molar-refractivity contribution in [3.63, 3.8) is 0 Å². The van der Waals surface area contributed by atoms with Crippen molar-refractivity contribution in [3.05, 3.63) is 104 Å². The van der Waals surface area contributed by atoms with E-state index in [1.165, 1.54) is 0 Å². The molecule has 0 aliphatic rings. The molecule has 0 unspecified atom stereocenters. The maximum absolute atomic E-state index is 12.7. The number of ether oxygens (including phenoxy) is 2. The van der Waals surface area contributed by atoms with E-state index in [4.69, 9.17) is 9.47 Å². The molecule has 0 radical (unpaired) electrons. The zero-order chi connectivity index (χ0) is 22.9. The third-order valence-corrected chi connectivity index (χ3v) is 5.99. The Balaban J connectivity index is 1.64. The fourth-order valence-electron chi connectivity index (χ4n) is 3.26. The first-order valence-electron chi connectivity index (χ1n) is 10.4. The van der Waals surface area contributed by atoms with Crippen molar-refractivity contribution in [2.75, 3.05) is 0 Å². The third-order valence-electron chi connectivity index (χ3n) is 4.93. The van der Waals surface area contributed by atoms with Gasteiger partial charge >= 0.3 is 11.9 Å². The molecule has 32 heavy (non-hydrogen) atoms. The van der Waals surface area contributed by atoms with Crippen molar-refractivity contribution in [2.45, 2.75) is 38.4 Å². The summed E-state index contributed by atoms with van der Waals surface area (Å²) >= 11 is 6.73. The van der Waals surface area contributed by atoms with Crippen molar-refractivity contribution >= 4 is 43.8 Å². The minimum absolute atomic E-state index is 0.387.